The van der Waals surface area contributed by atoms with Crippen molar-refractivity contribution in [3.05, 3.63) is 65.9 Å². The van der Waals surface area contributed by atoms with Crippen LogP contribution in [0, 0.1) is 17.6 Å². The zero-order chi connectivity index (χ0) is 25.4. The van der Waals surface area contributed by atoms with Crippen molar-refractivity contribution in [3.63, 3.8) is 0 Å². The molecule has 0 amide bonds. The fourth-order valence-corrected chi connectivity index (χ4v) is 4.69. The third kappa shape index (κ3) is 4.32. The Balaban J connectivity index is 1.41. The summed E-state index contributed by atoms with van der Waals surface area (Å²) < 4.78 is 31.5. The zero-order valence-electron chi connectivity index (χ0n) is 19.8. The van der Waals surface area contributed by atoms with E-state index in [0.29, 0.717) is 24.7 Å². The quantitative estimate of drug-likeness (QED) is 0.401. The Kier molecular flexibility index (Phi) is 6.21. The lowest BCUT2D eigenvalue weighted by Crippen LogP contribution is -2.41. The number of carbonyl (C=O) groups is 1. The predicted octanol–water partition coefficient (Wildman–Crippen LogP) is 4.59. The Labute approximate surface area is 205 Å². The molecule has 2 atom stereocenters. The third-order valence-electron chi connectivity index (χ3n) is 6.63. The molecule has 0 aliphatic carbocycles. The molecule has 3 aromatic heterocycles. The van der Waals surface area contributed by atoms with Crippen molar-refractivity contribution in [2.24, 2.45) is 5.92 Å². The minimum absolute atomic E-state index is 0.0112. The van der Waals surface area contributed by atoms with Gasteiger partial charge in [-0.15, -0.1) is 0 Å². The van der Waals surface area contributed by atoms with Crippen molar-refractivity contribution in [1.29, 1.82) is 0 Å². The molecule has 0 bridgehead atoms. The number of piperidine rings is 1. The first-order chi connectivity index (χ1) is 17.4. The van der Waals surface area contributed by atoms with Crippen molar-refractivity contribution >= 4 is 34.5 Å². The maximum atomic E-state index is 15.2. The summed E-state index contributed by atoms with van der Waals surface area (Å²) in [6.45, 7) is 5.57. The Morgan fingerprint density at radius 2 is 1.94 bits per heavy atom. The van der Waals surface area contributed by atoms with Crippen LogP contribution < -0.4 is 10.2 Å². The van der Waals surface area contributed by atoms with E-state index in [1.165, 1.54) is 24.7 Å². The molecule has 4 heterocycles. The topological polar surface area (TPSA) is 109 Å². The normalized spacial score (nSPS) is 17.9. The number of hydrogen-bond acceptors (Lipinski definition) is 7. The van der Waals surface area contributed by atoms with E-state index >= 15 is 4.39 Å². The summed E-state index contributed by atoms with van der Waals surface area (Å²) in [5.41, 5.74) is 1.29. The van der Waals surface area contributed by atoms with Gasteiger partial charge in [-0.05, 0) is 42.5 Å². The molecule has 1 aromatic carbocycles. The van der Waals surface area contributed by atoms with Gasteiger partial charge in [0.15, 0.2) is 5.82 Å². The molecule has 36 heavy (non-hydrogen) atoms. The summed E-state index contributed by atoms with van der Waals surface area (Å²) in [7, 11) is 0. The Hall–Kier alpha value is -4.15. The summed E-state index contributed by atoms with van der Waals surface area (Å²) in [5, 5.41) is 12.0. The molecular formula is C25H25F2N7O2. The van der Waals surface area contributed by atoms with Crippen LogP contribution in [-0.4, -0.2) is 48.7 Å². The molecule has 0 spiro atoms. The number of rotatable bonds is 6. The predicted molar refractivity (Wildman–Crippen MR) is 131 cm³/mol. The van der Waals surface area contributed by atoms with Gasteiger partial charge in [-0.2, -0.15) is 0 Å². The Morgan fingerprint density at radius 3 is 2.61 bits per heavy atom. The highest BCUT2D eigenvalue weighted by atomic mass is 19.1. The van der Waals surface area contributed by atoms with Gasteiger partial charge in [0.1, 0.15) is 23.6 Å². The van der Waals surface area contributed by atoms with Crippen molar-refractivity contribution in [3.8, 4) is 0 Å². The lowest BCUT2D eigenvalue weighted by Gasteiger charge is -2.37. The molecule has 11 heteroatoms. The first-order valence-corrected chi connectivity index (χ1v) is 11.7. The van der Waals surface area contributed by atoms with E-state index in [0.717, 1.165) is 24.5 Å². The first kappa shape index (κ1) is 23.6. The van der Waals surface area contributed by atoms with Gasteiger partial charge in [-0.25, -0.2) is 33.5 Å². The molecule has 1 saturated heterocycles. The molecule has 1 aliphatic rings. The van der Waals surface area contributed by atoms with Crippen LogP contribution in [0.1, 0.15) is 42.2 Å². The fraction of sp³-hybridized carbons (Fsp3) is 0.320. The number of carboxylic acid groups (broad SMARTS) is 1. The number of aromatic carboxylic acids is 1. The number of carboxylic acids is 1. The van der Waals surface area contributed by atoms with E-state index in [2.05, 4.69) is 44.0 Å². The van der Waals surface area contributed by atoms with E-state index in [1.807, 2.05) is 17.0 Å². The number of nitrogens with zero attached hydrogens (tertiary/aromatic N) is 6. The number of benzene rings is 1. The second-order valence-electron chi connectivity index (χ2n) is 8.95. The van der Waals surface area contributed by atoms with E-state index in [9.17, 15) is 9.18 Å². The molecule has 0 unspecified atom stereocenters. The van der Waals surface area contributed by atoms with Gasteiger partial charge in [-0.3, -0.25) is 0 Å². The molecule has 9 nitrogen and oxygen atoms in total. The third-order valence-corrected chi connectivity index (χ3v) is 6.63. The zero-order valence-corrected chi connectivity index (χ0v) is 19.8. The van der Waals surface area contributed by atoms with E-state index in [4.69, 9.17) is 5.11 Å². The summed E-state index contributed by atoms with van der Waals surface area (Å²) in [5.74, 6) is -1.60. The van der Waals surface area contributed by atoms with Crippen molar-refractivity contribution < 1.29 is 18.7 Å². The highest BCUT2D eigenvalue weighted by Crippen LogP contribution is 2.35. The van der Waals surface area contributed by atoms with E-state index < -0.39 is 17.6 Å². The number of hydrogen-bond donors (Lipinski definition) is 2. The lowest BCUT2D eigenvalue weighted by molar-refractivity contribution is 0.0696. The highest BCUT2D eigenvalue weighted by Gasteiger charge is 2.31. The van der Waals surface area contributed by atoms with Gasteiger partial charge in [-0.1, -0.05) is 13.8 Å². The van der Waals surface area contributed by atoms with Gasteiger partial charge in [0, 0.05) is 37.7 Å². The molecular weight excluding hydrogens is 468 g/mol. The first-order valence-electron chi connectivity index (χ1n) is 11.7. The standard InChI is InChI=1S/C25H25F2N7O2/c1-3-15-9-28-25(29-10-15)33-7-6-20(14(2)11-33)34-12-18(27)21-22(30-13-31-23(21)34)32-19-5-4-16(24(35)36)8-17(19)26/h4-5,8-10,12-14,20H,3,6-7,11H2,1-2H3,(H,35,36)(H,30,31,32)/t14-,20+/m1/s1. The molecule has 0 saturated carbocycles. The van der Waals surface area contributed by atoms with Crippen LogP contribution in [0.5, 0.6) is 0 Å². The second kappa shape index (κ2) is 9.48. The fourth-order valence-electron chi connectivity index (χ4n) is 4.69. The number of halogens is 2. The minimum atomic E-state index is -1.24. The summed E-state index contributed by atoms with van der Waals surface area (Å²) in [6, 6.07) is 3.44. The summed E-state index contributed by atoms with van der Waals surface area (Å²) in [4.78, 5) is 30.6. The molecule has 2 N–H and O–H groups in total. The minimum Gasteiger partial charge on any atom is -0.478 e. The summed E-state index contributed by atoms with van der Waals surface area (Å²) in [6.07, 6.45) is 8.02. The monoisotopic (exact) mass is 493 g/mol. The lowest BCUT2D eigenvalue weighted by atomic mass is 9.94. The highest BCUT2D eigenvalue weighted by molar-refractivity contribution is 5.91. The molecule has 0 radical (unpaired) electrons. The number of fused-ring (bicyclic) bond motifs is 1. The van der Waals surface area contributed by atoms with Gasteiger partial charge in [0.25, 0.3) is 0 Å². The number of aryl methyl sites for hydroxylation is 1. The number of anilines is 3. The van der Waals surface area contributed by atoms with Crippen LogP contribution in [0.4, 0.5) is 26.2 Å². The van der Waals surface area contributed by atoms with Crippen LogP contribution >= 0.6 is 0 Å². The molecule has 4 aromatic rings. The Bertz CT molecular complexity index is 1420. The van der Waals surface area contributed by atoms with Crippen LogP contribution in [-0.2, 0) is 6.42 Å². The van der Waals surface area contributed by atoms with Crippen LogP contribution in [0.25, 0.3) is 11.0 Å². The summed E-state index contributed by atoms with van der Waals surface area (Å²) >= 11 is 0. The average molecular weight is 494 g/mol. The maximum Gasteiger partial charge on any atom is 0.335 e. The molecule has 1 fully saturated rings. The van der Waals surface area contributed by atoms with Gasteiger partial charge >= 0.3 is 5.97 Å². The second-order valence-corrected chi connectivity index (χ2v) is 8.95. The molecule has 1 aliphatic heterocycles. The van der Waals surface area contributed by atoms with Gasteiger partial charge in [0.2, 0.25) is 5.95 Å². The van der Waals surface area contributed by atoms with Crippen LogP contribution in [0.2, 0.25) is 0 Å². The van der Waals surface area contributed by atoms with E-state index in [1.54, 1.807) is 0 Å². The SMILES string of the molecule is CCc1cnc(N2CC[C@H](n3cc(F)c4c(Nc5ccc(C(=O)O)cc5F)ncnc43)[C@H](C)C2)nc1. The maximum absolute atomic E-state index is 15.2. The van der Waals surface area contributed by atoms with Crippen molar-refractivity contribution in [2.75, 3.05) is 23.3 Å². The van der Waals surface area contributed by atoms with Crippen LogP contribution in [0.15, 0.2) is 43.1 Å². The van der Waals surface area contributed by atoms with E-state index in [-0.39, 0.29) is 34.4 Å². The molecule has 5 rings (SSSR count). The van der Waals surface area contributed by atoms with Crippen molar-refractivity contribution in [2.45, 2.75) is 32.7 Å². The van der Waals surface area contributed by atoms with Crippen molar-refractivity contribution in [1.82, 2.24) is 24.5 Å². The average Bonchev–Trinajstić information content (AvgIpc) is 3.22. The van der Waals surface area contributed by atoms with Crippen LogP contribution in [0.3, 0.4) is 0 Å². The van der Waals surface area contributed by atoms with Gasteiger partial charge < -0.3 is 19.9 Å². The largest absolute Gasteiger partial charge is 0.478 e. The number of aromatic nitrogens is 5. The smallest absolute Gasteiger partial charge is 0.335 e. The van der Waals surface area contributed by atoms with Gasteiger partial charge in [0.05, 0.1) is 16.6 Å². The number of nitrogens with one attached hydrogen (secondary N) is 1. The Morgan fingerprint density at radius 1 is 1.17 bits per heavy atom. The molecule has 186 valence electrons.